The highest BCUT2D eigenvalue weighted by atomic mass is 79.9. The molecular formula is C11H10BrN5O. The molecule has 1 aromatic heterocycles. The summed E-state index contributed by atoms with van der Waals surface area (Å²) in [5.41, 5.74) is 3.20. The summed E-state index contributed by atoms with van der Waals surface area (Å²) in [7, 11) is 0. The first-order valence-electron chi connectivity index (χ1n) is 5.04. The van der Waals surface area contributed by atoms with Crippen LogP contribution >= 0.6 is 15.9 Å². The summed E-state index contributed by atoms with van der Waals surface area (Å²) < 4.78 is 0.939. The molecule has 0 spiro atoms. The summed E-state index contributed by atoms with van der Waals surface area (Å²) in [6, 6.07) is 7.22. The van der Waals surface area contributed by atoms with Gasteiger partial charge < -0.3 is 10.7 Å². The maximum atomic E-state index is 11.9. The number of halogens is 1. The molecule has 18 heavy (non-hydrogen) atoms. The molecule has 0 saturated heterocycles. The lowest BCUT2D eigenvalue weighted by Crippen LogP contribution is -2.16. The summed E-state index contributed by atoms with van der Waals surface area (Å²) in [6.45, 7) is 0. The maximum Gasteiger partial charge on any atom is 0.275 e. The lowest BCUT2D eigenvalue weighted by atomic mass is 10.3. The fraction of sp³-hybridized carbons (Fsp3) is 0. The van der Waals surface area contributed by atoms with Crippen molar-refractivity contribution in [3.63, 3.8) is 0 Å². The molecule has 0 aliphatic heterocycles. The number of hydrogen-bond donors (Lipinski definition) is 3. The molecule has 0 aliphatic rings. The van der Waals surface area contributed by atoms with Gasteiger partial charge in [-0.05, 0) is 24.3 Å². The van der Waals surface area contributed by atoms with E-state index in [1.54, 1.807) is 12.1 Å². The molecule has 0 atom stereocenters. The zero-order chi connectivity index (χ0) is 13.0. The molecule has 92 valence electrons. The quantitative estimate of drug-likeness (QED) is 0.593. The predicted octanol–water partition coefficient (Wildman–Crippen LogP) is 1.78. The first-order chi connectivity index (χ1) is 8.69. The van der Waals surface area contributed by atoms with E-state index in [4.69, 9.17) is 5.84 Å². The number of hydrogen-bond acceptors (Lipinski definition) is 5. The Labute approximate surface area is 112 Å². The van der Waals surface area contributed by atoms with Crippen molar-refractivity contribution in [1.82, 2.24) is 9.97 Å². The Hall–Kier alpha value is -1.99. The molecule has 1 aromatic carbocycles. The molecular weight excluding hydrogens is 298 g/mol. The molecule has 0 fully saturated rings. The van der Waals surface area contributed by atoms with Gasteiger partial charge in [0.1, 0.15) is 5.69 Å². The van der Waals surface area contributed by atoms with Crippen molar-refractivity contribution in [3.8, 4) is 0 Å². The summed E-state index contributed by atoms with van der Waals surface area (Å²) in [5.74, 6) is 5.19. The summed E-state index contributed by atoms with van der Waals surface area (Å²) in [4.78, 5) is 19.7. The molecule has 0 aliphatic carbocycles. The number of aromatic nitrogens is 2. The summed E-state index contributed by atoms with van der Waals surface area (Å²) in [5, 5.41) is 2.71. The van der Waals surface area contributed by atoms with Gasteiger partial charge in [0.05, 0.1) is 12.4 Å². The van der Waals surface area contributed by atoms with Crippen molar-refractivity contribution in [2.75, 3.05) is 10.7 Å². The average Bonchev–Trinajstić information content (AvgIpc) is 2.41. The Kier molecular flexibility index (Phi) is 3.85. The molecule has 1 amide bonds. The number of nitrogens with zero attached hydrogens (tertiary/aromatic N) is 2. The van der Waals surface area contributed by atoms with E-state index in [0.29, 0.717) is 11.5 Å². The Morgan fingerprint density at radius 3 is 2.61 bits per heavy atom. The maximum absolute atomic E-state index is 11.9. The third-order valence-corrected chi connectivity index (χ3v) is 2.65. The minimum Gasteiger partial charge on any atom is -0.321 e. The zero-order valence-corrected chi connectivity index (χ0v) is 10.8. The van der Waals surface area contributed by atoms with Crippen LogP contribution in [0.2, 0.25) is 0 Å². The van der Waals surface area contributed by atoms with Crippen LogP contribution in [0.4, 0.5) is 11.5 Å². The lowest BCUT2D eigenvalue weighted by Gasteiger charge is -2.05. The van der Waals surface area contributed by atoms with Crippen molar-refractivity contribution >= 4 is 33.3 Å². The number of nitrogens with two attached hydrogens (primary N) is 1. The molecule has 7 heteroatoms. The molecule has 6 nitrogen and oxygen atoms in total. The van der Waals surface area contributed by atoms with Crippen LogP contribution in [0.25, 0.3) is 0 Å². The van der Waals surface area contributed by atoms with Crippen molar-refractivity contribution in [2.45, 2.75) is 0 Å². The van der Waals surface area contributed by atoms with E-state index in [1.165, 1.54) is 12.4 Å². The SMILES string of the molecule is NNc1cncc(C(=O)Nc2ccc(Br)cc2)n1. The second kappa shape index (κ2) is 5.56. The van der Waals surface area contributed by atoms with Crippen LogP contribution in [0.1, 0.15) is 10.5 Å². The summed E-state index contributed by atoms with van der Waals surface area (Å²) >= 11 is 3.32. The van der Waals surface area contributed by atoms with E-state index in [1.807, 2.05) is 12.1 Å². The van der Waals surface area contributed by atoms with Crippen molar-refractivity contribution < 1.29 is 4.79 Å². The minimum atomic E-state index is -0.345. The second-order valence-electron chi connectivity index (χ2n) is 3.39. The van der Waals surface area contributed by atoms with Gasteiger partial charge in [0, 0.05) is 10.2 Å². The predicted molar refractivity (Wildman–Crippen MR) is 71.9 cm³/mol. The molecule has 4 N–H and O–H groups in total. The number of amides is 1. The zero-order valence-electron chi connectivity index (χ0n) is 9.22. The van der Waals surface area contributed by atoms with E-state index >= 15 is 0 Å². The number of benzene rings is 1. The first-order valence-corrected chi connectivity index (χ1v) is 5.84. The highest BCUT2D eigenvalue weighted by Crippen LogP contribution is 2.14. The fourth-order valence-corrected chi connectivity index (χ4v) is 1.54. The van der Waals surface area contributed by atoms with Crippen LogP contribution in [0.15, 0.2) is 41.1 Å². The van der Waals surface area contributed by atoms with Crippen LogP contribution in [0, 0.1) is 0 Å². The minimum absolute atomic E-state index is 0.188. The number of hydrazine groups is 1. The van der Waals surface area contributed by atoms with Crippen LogP contribution in [-0.2, 0) is 0 Å². The van der Waals surface area contributed by atoms with Gasteiger partial charge in [-0.3, -0.25) is 9.78 Å². The molecule has 2 rings (SSSR count). The van der Waals surface area contributed by atoms with Gasteiger partial charge in [-0.1, -0.05) is 15.9 Å². The smallest absolute Gasteiger partial charge is 0.275 e. The molecule has 0 radical (unpaired) electrons. The standard InChI is InChI=1S/C11H10BrN5O/c12-7-1-3-8(4-2-7)15-11(18)9-5-14-6-10(16-9)17-13/h1-6H,13H2,(H,15,18)(H,16,17). The van der Waals surface area contributed by atoms with Gasteiger partial charge in [0.25, 0.3) is 5.91 Å². The van der Waals surface area contributed by atoms with Crippen LogP contribution in [0.5, 0.6) is 0 Å². The largest absolute Gasteiger partial charge is 0.321 e. The highest BCUT2D eigenvalue weighted by molar-refractivity contribution is 9.10. The van der Waals surface area contributed by atoms with E-state index in [0.717, 1.165) is 4.47 Å². The number of nitrogens with one attached hydrogen (secondary N) is 2. The Morgan fingerprint density at radius 2 is 1.94 bits per heavy atom. The van der Waals surface area contributed by atoms with Crippen molar-refractivity contribution in [1.29, 1.82) is 0 Å². The normalized spacial score (nSPS) is 9.89. The van der Waals surface area contributed by atoms with Crippen molar-refractivity contribution in [3.05, 3.63) is 46.8 Å². The topological polar surface area (TPSA) is 92.9 Å². The number of nitrogen functional groups attached to an aromatic ring is 1. The van der Waals surface area contributed by atoms with Gasteiger partial charge in [-0.2, -0.15) is 0 Å². The molecule has 1 heterocycles. The van der Waals surface area contributed by atoms with Gasteiger partial charge in [0.2, 0.25) is 0 Å². The number of carbonyl (C=O) groups is 1. The molecule has 0 unspecified atom stereocenters. The van der Waals surface area contributed by atoms with Gasteiger partial charge in [-0.15, -0.1) is 0 Å². The van der Waals surface area contributed by atoms with Gasteiger partial charge in [0.15, 0.2) is 5.82 Å². The number of carbonyl (C=O) groups excluding carboxylic acids is 1. The van der Waals surface area contributed by atoms with E-state index < -0.39 is 0 Å². The third-order valence-electron chi connectivity index (χ3n) is 2.12. The number of rotatable bonds is 3. The van der Waals surface area contributed by atoms with Crippen LogP contribution in [0.3, 0.4) is 0 Å². The Morgan fingerprint density at radius 1 is 1.22 bits per heavy atom. The molecule has 0 bridgehead atoms. The monoisotopic (exact) mass is 307 g/mol. The second-order valence-corrected chi connectivity index (χ2v) is 4.31. The van der Waals surface area contributed by atoms with Gasteiger partial charge in [-0.25, -0.2) is 10.8 Å². The molecule has 2 aromatic rings. The van der Waals surface area contributed by atoms with Crippen LogP contribution < -0.4 is 16.6 Å². The first kappa shape index (κ1) is 12.5. The number of anilines is 2. The lowest BCUT2D eigenvalue weighted by molar-refractivity contribution is 0.102. The highest BCUT2D eigenvalue weighted by Gasteiger charge is 2.08. The van der Waals surface area contributed by atoms with E-state index in [2.05, 4.69) is 36.6 Å². The van der Waals surface area contributed by atoms with Gasteiger partial charge >= 0.3 is 0 Å². The summed E-state index contributed by atoms with van der Waals surface area (Å²) in [6.07, 6.45) is 2.80. The van der Waals surface area contributed by atoms with E-state index in [9.17, 15) is 4.79 Å². The third kappa shape index (κ3) is 3.02. The van der Waals surface area contributed by atoms with Crippen LogP contribution in [-0.4, -0.2) is 15.9 Å². The fourth-order valence-electron chi connectivity index (χ4n) is 1.27. The Balaban J connectivity index is 2.14. The average molecular weight is 308 g/mol. The molecule has 0 saturated carbocycles. The Bertz CT molecular complexity index is 558. The van der Waals surface area contributed by atoms with Crippen molar-refractivity contribution in [2.24, 2.45) is 5.84 Å². The van der Waals surface area contributed by atoms with E-state index in [-0.39, 0.29) is 11.6 Å².